The Hall–Kier alpha value is -4.12. The minimum Gasteiger partial charge on any atom is -0.465 e. The number of hydrogen-bond donors (Lipinski definition) is 0. The average molecular weight is 544 g/mol. The second-order valence-corrected chi connectivity index (χ2v) is 9.07. The van der Waals surface area contributed by atoms with Crippen molar-refractivity contribution in [2.45, 2.75) is 13.1 Å². The number of esters is 1. The Morgan fingerprint density at radius 2 is 1.71 bits per heavy atom. The fraction of sp³-hybridized carbons (Fsp3) is 0.185. The molecule has 1 heterocycles. The minimum atomic E-state index is -4.80. The van der Waals surface area contributed by atoms with Crippen LogP contribution in [-0.4, -0.2) is 52.8 Å². The van der Waals surface area contributed by atoms with Crippen molar-refractivity contribution in [2.24, 2.45) is 0 Å². The second kappa shape index (κ2) is 9.97. The van der Waals surface area contributed by atoms with E-state index in [0.29, 0.717) is 15.9 Å². The van der Waals surface area contributed by atoms with E-state index in [-0.39, 0.29) is 27.9 Å². The molecular weight excluding hydrogens is 522 g/mol. The number of carbonyl (C=O) groups excluding carboxylic acids is 2. The van der Waals surface area contributed by atoms with Crippen LogP contribution >= 0.6 is 12.2 Å². The molecule has 1 aromatic heterocycles. The SMILES string of the molecule is COC(=O)c1ccc(-c2nn(C(=O)c3c(C)cccc3C(F)(F)F)c3cc(C(=S)N(C)C)ccc23)c(F)c1. The predicted octanol–water partition coefficient (Wildman–Crippen LogP) is 5.88. The van der Waals surface area contributed by atoms with Crippen LogP contribution in [0.15, 0.2) is 54.6 Å². The van der Waals surface area contributed by atoms with E-state index in [1.54, 1.807) is 31.1 Å². The van der Waals surface area contributed by atoms with Crippen molar-refractivity contribution >= 4 is 40.0 Å². The number of ether oxygens (including phenoxy) is 1. The summed E-state index contributed by atoms with van der Waals surface area (Å²) in [6.07, 6.45) is -4.80. The molecular formula is C27H21F4N3O3S. The second-order valence-electron chi connectivity index (χ2n) is 8.68. The number of alkyl halides is 3. The summed E-state index contributed by atoms with van der Waals surface area (Å²) in [6.45, 7) is 1.40. The van der Waals surface area contributed by atoms with Gasteiger partial charge in [0.25, 0.3) is 5.91 Å². The first-order chi connectivity index (χ1) is 17.8. The normalized spacial score (nSPS) is 11.5. The van der Waals surface area contributed by atoms with Crippen molar-refractivity contribution in [1.29, 1.82) is 0 Å². The maximum Gasteiger partial charge on any atom is 0.417 e. The van der Waals surface area contributed by atoms with E-state index in [0.717, 1.165) is 23.9 Å². The van der Waals surface area contributed by atoms with Crippen molar-refractivity contribution in [2.75, 3.05) is 21.2 Å². The first-order valence-corrected chi connectivity index (χ1v) is 11.6. The Balaban J connectivity index is 2.00. The quantitative estimate of drug-likeness (QED) is 0.182. The standard InChI is InChI=1S/C27H21F4N3O3S/c1-14-6-5-7-19(27(29,30)31)22(14)24(35)34-21-13-15(25(38)33(2)3)8-11-18(21)23(32-34)17-10-9-16(12-20(17)28)26(36)37-4/h5-13H,1-4H3. The van der Waals surface area contributed by atoms with E-state index in [9.17, 15) is 22.8 Å². The summed E-state index contributed by atoms with van der Waals surface area (Å²) in [5.41, 5.74) is -1.02. The van der Waals surface area contributed by atoms with Crippen molar-refractivity contribution in [3.63, 3.8) is 0 Å². The predicted molar refractivity (Wildman–Crippen MR) is 138 cm³/mol. The third-order valence-electron chi connectivity index (χ3n) is 5.96. The van der Waals surface area contributed by atoms with Gasteiger partial charge in [-0.2, -0.15) is 23.0 Å². The minimum absolute atomic E-state index is 0.00623. The number of aryl methyl sites for hydroxylation is 1. The summed E-state index contributed by atoms with van der Waals surface area (Å²) in [5.74, 6) is -2.61. The highest BCUT2D eigenvalue weighted by atomic mass is 32.1. The zero-order chi connectivity index (χ0) is 27.9. The van der Waals surface area contributed by atoms with Crippen LogP contribution < -0.4 is 0 Å². The Kier molecular flexibility index (Phi) is 7.07. The van der Waals surface area contributed by atoms with E-state index < -0.39 is 35.0 Å². The Bertz CT molecular complexity index is 1610. The summed E-state index contributed by atoms with van der Waals surface area (Å²) < 4.78 is 62.1. The number of fused-ring (bicyclic) bond motifs is 1. The van der Waals surface area contributed by atoms with Crippen LogP contribution in [0.5, 0.6) is 0 Å². The number of thiocarbonyl (C=S) groups is 1. The van der Waals surface area contributed by atoms with Crippen molar-refractivity contribution < 1.29 is 31.9 Å². The smallest absolute Gasteiger partial charge is 0.417 e. The van der Waals surface area contributed by atoms with Crippen molar-refractivity contribution in [1.82, 2.24) is 14.7 Å². The molecule has 11 heteroatoms. The molecule has 0 radical (unpaired) electrons. The van der Waals surface area contributed by atoms with Crippen LogP contribution in [0.1, 0.15) is 37.4 Å². The molecule has 0 aliphatic heterocycles. The number of halogens is 4. The summed E-state index contributed by atoms with van der Waals surface area (Å²) in [4.78, 5) is 27.6. The van der Waals surface area contributed by atoms with Gasteiger partial charge in [-0.25, -0.2) is 9.18 Å². The molecule has 3 aromatic carbocycles. The lowest BCUT2D eigenvalue weighted by molar-refractivity contribution is -0.138. The molecule has 0 N–H and O–H groups in total. The summed E-state index contributed by atoms with van der Waals surface area (Å²) in [6, 6.07) is 11.8. The van der Waals surface area contributed by atoms with E-state index in [2.05, 4.69) is 9.84 Å². The molecule has 4 rings (SSSR count). The largest absolute Gasteiger partial charge is 0.465 e. The Labute approximate surface area is 220 Å². The zero-order valence-electron chi connectivity index (χ0n) is 20.7. The van der Waals surface area contributed by atoms with Crippen LogP contribution in [-0.2, 0) is 10.9 Å². The fourth-order valence-electron chi connectivity index (χ4n) is 4.11. The monoisotopic (exact) mass is 543 g/mol. The van der Waals surface area contributed by atoms with Crippen LogP contribution in [0.3, 0.4) is 0 Å². The lowest BCUT2D eigenvalue weighted by Gasteiger charge is -2.15. The topological polar surface area (TPSA) is 64.4 Å². The van der Waals surface area contributed by atoms with E-state index in [1.807, 2.05) is 0 Å². The molecule has 0 spiro atoms. The van der Waals surface area contributed by atoms with Gasteiger partial charge >= 0.3 is 12.1 Å². The molecule has 0 saturated heterocycles. The van der Waals surface area contributed by atoms with Gasteiger partial charge in [0, 0.05) is 30.6 Å². The molecule has 4 aromatic rings. The number of nitrogens with zero attached hydrogens (tertiary/aromatic N) is 3. The molecule has 0 unspecified atom stereocenters. The molecule has 38 heavy (non-hydrogen) atoms. The van der Waals surface area contributed by atoms with Gasteiger partial charge in [0.2, 0.25) is 0 Å². The number of rotatable bonds is 4. The number of hydrogen-bond acceptors (Lipinski definition) is 5. The van der Waals surface area contributed by atoms with Gasteiger partial charge in [0.1, 0.15) is 16.5 Å². The highest BCUT2D eigenvalue weighted by molar-refractivity contribution is 7.80. The lowest BCUT2D eigenvalue weighted by Crippen LogP contribution is -2.22. The molecule has 0 atom stereocenters. The number of aromatic nitrogens is 2. The number of methoxy groups -OCH3 is 1. The zero-order valence-corrected chi connectivity index (χ0v) is 21.5. The molecule has 0 amide bonds. The van der Waals surface area contributed by atoms with Crippen LogP contribution in [0.2, 0.25) is 0 Å². The highest BCUT2D eigenvalue weighted by Gasteiger charge is 2.37. The van der Waals surface area contributed by atoms with E-state index in [1.165, 1.54) is 37.3 Å². The van der Waals surface area contributed by atoms with Gasteiger partial charge in [-0.3, -0.25) is 4.79 Å². The average Bonchev–Trinajstić information content (AvgIpc) is 3.25. The lowest BCUT2D eigenvalue weighted by atomic mass is 10.0. The first-order valence-electron chi connectivity index (χ1n) is 11.2. The number of benzene rings is 3. The Morgan fingerprint density at radius 1 is 1.03 bits per heavy atom. The molecule has 196 valence electrons. The maximum atomic E-state index is 15.2. The third kappa shape index (κ3) is 4.76. The Morgan fingerprint density at radius 3 is 2.32 bits per heavy atom. The van der Waals surface area contributed by atoms with Crippen molar-refractivity contribution in [3.8, 4) is 11.3 Å². The summed E-state index contributed by atoms with van der Waals surface area (Å²) in [7, 11) is 4.61. The molecule has 0 aliphatic carbocycles. The van der Waals surface area contributed by atoms with Gasteiger partial charge in [0.05, 0.1) is 29.3 Å². The van der Waals surface area contributed by atoms with Crippen LogP contribution in [0, 0.1) is 12.7 Å². The maximum absolute atomic E-state index is 15.2. The molecule has 0 aliphatic rings. The van der Waals surface area contributed by atoms with Gasteiger partial charge in [-0.05, 0) is 48.9 Å². The molecule has 6 nitrogen and oxygen atoms in total. The highest BCUT2D eigenvalue weighted by Crippen LogP contribution is 2.36. The summed E-state index contributed by atoms with van der Waals surface area (Å²) >= 11 is 5.43. The van der Waals surface area contributed by atoms with Gasteiger partial charge in [-0.1, -0.05) is 30.4 Å². The third-order valence-corrected chi connectivity index (χ3v) is 6.56. The van der Waals surface area contributed by atoms with E-state index >= 15 is 4.39 Å². The van der Waals surface area contributed by atoms with Crippen molar-refractivity contribution in [3.05, 3.63) is 88.2 Å². The molecule has 0 fully saturated rings. The van der Waals surface area contributed by atoms with Gasteiger partial charge in [-0.15, -0.1) is 0 Å². The summed E-state index contributed by atoms with van der Waals surface area (Å²) in [5, 5.41) is 4.59. The van der Waals surface area contributed by atoms with E-state index in [4.69, 9.17) is 12.2 Å². The van der Waals surface area contributed by atoms with Gasteiger partial charge in [0.15, 0.2) is 0 Å². The van der Waals surface area contributed by atoms with Gasteiger partial charge < -0.3 is 9.64 Å². The van der Waals surface area contributed by atoms with Crippen LogP contribution in [0.25, 0.3) is 22.2 Å². The number of carbonyl (C=O) groups is 2. The first kappa shape index (κ1) is 26.9. The molecule has 0 bridgehead atoms. The van der Waals surface area contributed by atoms with Crippen LogP contribution in [0.4, 0.5) is 17.6 Å². The molecule has 0 saturated carbocycles. The fourth-order valence-corrected chi connectivity index (χ4v) is 4.23.